The van der Waals surface area contributed by atoms with E-state index in [2.05, 4.69) is 26.1 Å². The van der Waals surface area contributed by atoms with Crippen LogP contribution in [0.15, 0.2) is 57.5 Å². The van der Waals surface area contributed by atoms with Gasteiger partial charge in [0.15, 0.2) is 0 Å². The zero-order chi connectivity index (χ0) is 14.8. The van der Waals surface area contributed by atoms with Crippen LogP contribution in [0.1, 0.15) is 0 Å². The standard InChI is InChI=1S/C16H14BrN3O/c1-20(2)14-9-5-11(6-10-14)15-18-16(21-19-15)12-3-7-13(17)8-4-12/h3-10H,1-2H3. The maximum absolute atomic E-state index is 5.34. The van der Waals surface area contributed by atoms with Crippen LogP contribution in [-0.4, -0.2) is 24.2 Å². The first kappa shape index (κ1) is 13.8. The lowest BCUT2D eigenvalue weighted by atomic mass is 10.2. The van der Waals surface area contributed by atoms with Crippen molar-refractivity contribution in [2.45, 2.75) is 0 Å². The van der Waals surface area contributed by atoms with E-state index in [-0.39, 0.29) is 0 Å². The molecule has 1 aromatic heterocycles. The van der Waals surface area contributed by atoms with Crippen molar-refractivity contribution in [2.24, 2.45) is 0 Å². The molecule has 21 heavy (non-hydrogen) atoms. The van der Waals surface area contributed by atoms with E-state index >= 15 is 0 Å². The third-order valence-electron chi connectivity index (χ3n) is 3.16. The molecule has 0 spiro atoms. The van der Waals surface area contributed by atoms with Gasteiger partial charge in [0.25, 0.3) is 5.89 Å². The molecule has 0 fully saturated rings. The summed E-state index contributed by atoms with van der Waals surface area (Å²) in [7, 11) is 4.02. The Hall–Kier alpha value is -2.14. The molecule has 0 bridgehead atoms. The molecule has 106 valence electrons. The van der Waals surface area contributed by atoms with Crippen molar-refractivity contribution in [1.82, 2.24) is 10.1 Å². The Kier molecular flexibility index (Phi) is 3.75. The maximum atomic E-state index is 5.34. The second kappa shape index (κ2) is 5.69. The fourth-order valence-corrected chi connectivity index (χ4v) is 2.22. The molecule has 0 radical (unpaired) electrons. The monoisotopic (exact) mass is 343 g/mol. The normalized spacial score (nSPS) is 10.6. The van der Waals surface area contributed by atoms with E-state index in [9.17, 15) is 0 Å². The molecular weight excluding hydrogens is 330 g/mol. The van der Waals surface area contributed by atoms with Crippen molar-refractivity contribution < 1.29 is 4.52 Å². The molecular formula is C16H14BrN3O. The predicted octanol–water partition coefficient (Wildman–Crippen LogP) is 4.23. The first-order chi connectivity index (χ1) is 10.1. The number of aromatic nitrogens is 2. The van der Waals surface area contributed by atoms with Gasteiger partial charge in [0.1, 0.15) is 0 Å². The number of anilines is 1. The molecule has 0 N–H and O–H groups in total. The van der Waals surface area contributed by atoms with Crippen LogP contribution in [0.25, 0.3) is 22.8 Å². The summed E-state index contributed by atoms with van der Waals surface area (Å²) in [6.07, 6.45) is 0. The molecule has 1 heterocycles. The Morgan fingerprint density at radius 2 is 1.52 bits per heavy atom. The molecule has 4 nitrogen and oxygen atoms in total. The summed E-state index contributed by atoms with van der Waals surface area (Å²) in [4.78, 5) is 6.50. The SMILES string of the molecule is CN(C)c1ccc(-c2noc(-c3ccc(Br)cc3)n2)cc1. The van der Waals surface area contributed by atoms with Crippen LogP contribution in [0.4, 0.5) is 5.69 Å². The van der Waals surface area contributed by atoms with E-state index in [0.29, 0.717) is 11.7 Å². The molecule has 2 aromatic carbocycles. The van der Waals surface area contributed by atoms with E-state index in [1.807, 2.05) is 67.5 Å². The Labute approximate surface area is 131 Å². The average Bonchev–Trinajstić information content (AvgIpc) is 2.98. The predicted molar refractivity (Wildman–Crippen MR) is 87.2 cm³/mol. The highest BCUT2D eigenvalue weighted by atomic mass is 79.9. The largest absolute Gasteiger partial charge is 0.378 e. The van der Waals surface area contributed by atoms with E-state index in [4.69, 9.17) is 4.52 Å². The van der Waals surface area contributed by atoms with Gasteiger partial charge in [-0.05, 0) is 48.5 Å². The number of nitrogens with zero attached hydrogens (tertiary/aromatic N) is 3. The molecule has 0 aliphatic heterocycles. The van der Waals surface area contributed by atoms with Gasteiger partial charge in [-0.15, -0.1) is 0 Å². The highest BCUT2D eigenvalue weighted by Crippen LogP contribution is 2.24. The van der Waals surface area contributed by atoms with Crippen LogP contribution in [-0.2, 0) is 0 Å². The summed E-state index contributed by atoms with van der Waals surface area (Å²) in [6, 6.07) is 15.8. The number of rotatable bonds is 3. The molecule has 0 saturated heterocycles. The summed E-state index contributed by atoms with van der Waals surface area (Å²) in [5.74, 6) is 1.12. The van der Waals surface area contributed by atoms with Crippen LogP contribution in [0.3, 0.4) is 0 Å². The molecule has 0 aliphatic carbocycles. The summed E-state index contributed by atoms with van der Waals surface area (Å²) in [6.45, 7) is 0. The zero-order valence-corrected chi connectivity index (χ0v) is 13.3. The highest BCUT2D eigenvalue weighted by molar-refractivity contribution is 9.10. The number of hydrogen-bond donors (Lipinski definition) is 0. The van der Waals surface area contributed by atoms with Crippen LogP contribution >= 0.6 is 15.9 Å². The van der Waals surface area contributed by atoms with Crippen LogP contribution < -0.4 is 4.90 Å². The smallest absolute Gasteiger partial charge is 0.258 e. The number of benzene rings is 2. The second-order valence-corrected chi connectivity index (χ2v) is 5.79. The lowest BCUT2D eigenvalue weighted by Crippen LogP contribution is -2.07. The van der Waals surface area contributed by atoms with Crippen molar-refractivity contribution in [1.29, 1.82) is 0 Å². The van der Waals surface area contributed by atoms with Gasteiger partial charge < -0.3 is 9.42 Å². The third-order valence-corrected chi connectivity index (χ3v) is 3.69. The Morgan fingerprint density at radius 1 is 0.905 bits per heavy atom. The van der Waals surface area contributed by atoms with Crippen molar-refractivity contribution in [3.05, 3.63) is 53.0 Å². The summed E-state index contributed by atoms with van der Waals surface area (Å²) in [5.41, 5.74) is 2.98. The minimum Gasteiger partial charge on any atom is -0.378 e. The maximum Gasteiger partial charge on any atom is 0.258 e. The van der Waals surface area contributed by atoms with Gasteiger partial charge >= 0.3 is 0 Å². The van der Waals surface area contributed by atoms with Gasteiger partial charge in [0.2, 0.25) is 5.82 Å². The fraction of sp³-hybridized carbons (Fsp3) is 0.125. The van der Waals surface area contributed by atoms with Gasteiger partial charge in [-0.1, -0.05) is 21.1 Å². The molecule has 0 amide bonds. The third kappa shape index (κ3) is 2.97. The summed E-state index contributed by atoms with van der Waals surface area (Å²) >= 11 is 3.41. The van der Waals surface area contributed by atoms with Crippen molar-refractivity contribution >= 4 is 21.6 Å². The van der Waals surface area contributed by atoms with Gasteiger partial charge in [-0.3, -0.25) is 0 Å². The lowest BCUT2D eigenvalue weighted by molar-refractivity contribution is 0.432. The Balaban J connectivity index is 1.89. The molecule has 3 rings (SSSR count). The van der Waals surface area contributed by atoms with E-state index in [1.165, 1.54) is 0 Å². The highest BCUT2D eigenvalue weighted by Gasteiger charge is 2.10. The second-order valence-electron chi connectivity index (χ2n) is 4.87. The summed E-state index contributed by atoms with van der Waals surface area (Å²) < 4.78 is 6.35. The summed E-state index contributed by atoms with van der Waals surface area (Å²) in [5, 5.41) is 4.05. The molecule has 5 heteroatoms. The van der Waals surface area contributed by atoms with E-state index in [1.54, 1.807) is 0 Å². The number of hydrogen-bond acceptors (Lipinski definition) is 4. The Bertz CT molecular complexity index is 733. The molecule has 0 atom stereocenters. The molecule has 0 aliphatic rings. The molecule has 3 aromatic rings. The van der Waals surface area contributed by atoms with Gasteiger partial charge in [0, 0.05) is 35.4 Å². The molecule has 0 unspecified atom stereocenters. The van der Waals surface area contributed by atoms with Crippen LogP contribution in [0, 0.1) is 0 Å². The quantitative estimate of drug-likeness (QED) is 0.713. The van der Waals surface area contributed by atoms with Crippen LogP contribution in [0.5, 0.6) is 0 Å². The average molecular weight is 344 g/mol. The first-order valence-electron chi connectivity index (χ1n) is 6.51. The number of halogens is 1. The zero-order valence-electron chi connectivity index (χ0n) is 11.7. The topological polar surface area (TPSA) is 42.2 Å². The first-order valence-corrected chi connectivity index (χ1v) is 7.30. The van der Waals surface area contributed by atoms with Crippen molar-refractivity contribution in [3.63, 3.8) is 0 Å². The fourth-order valence-electron chi connectivity index (χ4n) is 1.96. The van der Waals surface area contributed by atoms with Gasteiger partial charge in [0.05, 0.1) is 0 Å². The minimum atomic E-state index is 0.522. The Morgan fingerprint density at radius 3 is 2.14 bits per heavy atom. The van der Waals surface area contributed by atoms with E-state index in [0.717, 1.165) is 21.3 Å². The van der Waals surface area contributed by atoms with E-state index < -0.39 is 0 Å². The van der Waals surface area contributed by atoms with Gasteiger partial charge in [-0.2, -0.15) is 4.98 Å². The van der Waals surface area contributed by atoms with Crippen molar-refractivity contribution in [3.8, 4) is 22.8 Å². The van der Waals surface area contributed by atoms with Crippen LogP contribution in [0.2, 0.25) is 0 Å². The lowest BCUT2D eigenvalue weighted by Gasteiger charge is -2.11. The van der Waals surface area contributed by atoms with Crippen molar-refractivity contribution in [2.75, 3.05) is 19.0 Å². The van der Waals surface area contributed by atoms with Gasteiger partial charge in [-0.25, -0.2) is 0 Å². The molecule has 0 saturated carbocycles. The minimum absolute atomic E-state index is 0.522.